The molecule has 4 aromatic carbocycles. The Morgan fingerprint density at radius 2 is 0.456 bits per heavy atom. The van der Waals surface area contributed by atoms with Gasteiger partial charge in [-0.25, -0.2) is 0 Å². The molecule has 0 atom stereocenters. The number of nitrogens with two attached hydrogens (primary N) is 8. The van der Waals surface area contributed by atoms with E-state index in [1.54, 1.807) is 0 Å². The molecule has 57 heavy (non-hydrogen) atoms. The summed E-state index contributed by atoms with van der Waals surface area (Å²) in [6.45, 7) is 0. The second kappa shape index (κ2) is 11.7. The number of fused-ring (bicyclic) bond motifs is 10. The van der Waals surface area contributed by atoms with Gasteiger partial charge < -0.3 is 45.9 Å². The van der Waals surface area contributed by atoms with Crippen molar-refractivity contribution in [3.05, 3.63) is 95.1 Å². The highest BCUT2D eigenvalue weighted by Gasteiger charge is 2.52. The SMILES string of the molecule is Nc1nc(N)nc(-c2ccc3c(c2)C2(c4cc(-c5nc(N)nc(N)n5)ccc4-3)c3cc(-c4nc(N)nc(N)n4)ccc3-c3ccc(-c4nc(N)nc(N)n4)cc32)n1. The fourth-order valence-corrected chi connectivity index (χ4v) is 7.94. The van der Waals surface area contributed by atoms with Gasteiger partial charge in [0.2, 0.25) is 47.6 Å². The Bertz CT molecular complexity index is 2550. The van der Waals surface area contributed by atoms with E-state index in [0.717, 1.165) is 44.5 Å². The number of nitrogen functional groups attached to an aromatic ring is 8. The summed E-state index contributed by atoms with van der Waals surface area (Å²) in [7, 11) is 0. The van der Waals surface area contributed by atoms with Gasteiger partial charge in [0.25, 0.3) is 0 Å². The summed E-state index contributed by atoms with van der Waals surface area (Å²) in [6, 6.07) is 23.8. The fraction of sp³-hybridized carbons (Fsp3) is 0.0270. The number of hydrogen-bond donors (Lipinski definition) is 8. The molecule has 0 saturated heterocycles. The molecule has 4 aromatic heterocycles. The Hall–Kier alpha value is -8.68. The third kappa shape index (κ3) is 5.01. The molecule has 276 valence electrons. The Labute approximate surface area is 321 Å². The summed E-state index contributed by atoms with van der Waals surface area (Å²) in [4.78, 5) is 51.4. The zero-order valence-corrected chi connectivity index (χ0v) is 29.4. The van der Waals surface area contributed by atoms with Crippen LogP contribution in [0.5, 0.6) is 0 Å². The van der Waals surface area contributed by atoms with E-state index in [9.17, 15) is 0 Å². The molecule has 10 rings (SSSR count). The maximum atomic E-state index is 6.06. The van der Waals surface area contributed by atoms with Crippen LogP contribution in [0.2, 0.25) is 0 Å². The first-order valence-corrected chi connectivity index (χ1v) is 17.1. The van der Waals surface area contributed by atoms with Gasteiger partial charge in [-0.3, -0.25) is 0 Å². The first-order chi connectivity index (χ1) is 27.4. The second-order valence-electron chi connectivity index (χ2n) is 13.3. The van der Waals surface area contributed by atoms with E-state index >= 15 is 0 Å². The highest BCUT2D eigenvalue weighted by molar-refractivity contribution is 5.98. The summed E-state index contributed by atoms with van der Waals surface area (Å²) in [5, 5.41) is 0. The van der Waals surface area contributed by atoms with Crippen molar-refractivity contribution in [3.63, 3.8) is 0 Å². The maximum absolute atomic E-state index is 6.06. The average molecular weight is 753 g/mol. The molecule has 16 N–H and O–H groups in total. The quantitative estimate of drug-likeness (QED) is 0.127. The van der Waals surface area contributed by atoms with Gasteiger partial charge in [0, 0.05) is 22.3 Å². The van der Waals surface area contributed by atoms with Crippen molar-refractivity contribution in [1.29, 1.82) is 0 Å². The lowest BCUT2D eigenvalue weighted by molar-refractivity contribution is 0.794. The number of nitrogens with zero attached hydrogens (tertiary/aromatic N) is 12. The van der Waals surface area contributed by atoms with Gasteiger partial charge in [0.1, 0.15) is 0 Å². The van der Waals surface area contributed by atoms with Crippen LogP contribution in [0.3, 0.4) is 0 Å². The van der Waals surface area contributed by atoms with Gasteiger partial charge in [-0.15, -0.1) is 0 Å². The zero-order valence-electron chi connectivity index (χ0n) is 29.4. The molecule has 0 amide bonds. The smallest absolute Gasteiger partial charge is 0.225 e. The molecule has 20 heteroatoms. The fourth-order valence-electron chi connectivity index (χ4n) is 7.94. The van der Waals surface area contributed by atoms with Crippen molar-refractivity contribution in [1.82, 2.24) is 59.8 Å². The first-order valence-electron chi connectivity index (χ1n) is 17.1. The van der Waals surface area contributed by atoms with E-state index < -0.39 is 5.41 Å². The highest BCUT2D eigenvalue weighted by Crippen LogP contribution is 2.64. The lowest BCUT2D eigenvalue weighted by atomic mass is 9.69. The topological polar surface area (TPSA) is 363 Å². The van der Waals surface area contributed by atoms with Crippen LogP contribution in [0, 0.1) is 0 Å². The number of anilines is 8. The standard InChI is InChI=1S/C37H28N20/c38-29-46-25(47-30(39)54-29)13-1-5-17-18-6-2-14(26-48-31(40)55-32(41)49-26)10-22(18)37(21(17)9-13)23-11-15(27-50-33(42)56-34(43)51-27)3-7-19(23)20-8-4-16(12-24(20)37)28-52-35(44)57-36(45)53-28/h1-12H,(H4,38,39,46,47,54)(H4,40,41,48,49,55)(H4,42,43,50,51,56)(H4,44,45,52,53,57). The minimum Gasteiger partial charge on any atom is -0.368 e. The van der Waals surface area contributed by atoms with Crippen LogP contribution in [0.15, 0.2) is 72.8 Å². The normalized spacial score (nSPS) is 12.9. The van der Waals surface area contributed by atoms with Crippen LogP contribution in [0.25, 0.3) is 67.8 Å². The van der Waals surface area contributed by atoms with Crippen LogP contribution in [0.1, 0.15) is 22.3 Å². The van der Waals surface area contributed by atoms with Crippen molar-refractivity contribution >= 4 is 47.6 Å². The summed E-state index contributed by atoms with van der Waals surface area (Å²) >= 11 is 0. The maximum Gasteiger partial charge on any atom is 0.225 e. The van der Waals surface area contributed by atoms with Gasteiger partial charge in [0.05, 0.1) is 5.41 Å². The van der Waals surface area contributed by atoms with E-state index in [2.05, 4.69) is 59.8 Å². The largest absolute Gasteiger partial charge is 0.368 e. The molecule has 0 radical (unpaired) electrons. The van der Waals surface area contributed by atoms with Gasteiger partial charge in [-0.1, -0.05) is 48.5 Å². The number of aromatic nitrogens is 12. The molecule has 0 saturated carbocycles. The first kappa shape index (κ1) is 32.9. The molecule has 2 aliphatic carbocycles. The van der Waals surface area contributed by atoms with E-state index in [1.165, 1.54) is 0 Å². The van der Waals surface area contributed by atoms with E-state index in [-0.39, 0.29) is 47.6 Å². The second-order valence-corrected chi connectivity index (χ2v) is 13.3. The van der Waals surface area contributed by atoms with Gasteiger partial charge in [-0.05, 0) is 68.8 Å². The van der Waals surface area contributed by atoms with Crippen molar-refractivity contribution in [2.45, 2.75) is 5.41 Å². The predicted molar refractivity (Wildman–Crippen MR) is 213 cm³/mol. The predicted octanol–water partition coefficient (Wildman–Crippen LogP) is 2.10. The minimum absolute atomic E-state index is 0.0193. The zero-order chi connectivity index (χ0) is 39.3. The summed E-state index contributed by atoms with van der Waals surface area (Å²) in [5.41, 5.74) is 57.1. The van der Waals surface area contributed by atoms with Crippen molar-refractivity contribution in [3.8, 4) is 67.8 Å². The van der Waals surface area contributed by atoms with E-state index in [0.29, 0.717) is 45.6 Å². The molecule has 0 fully saturated rings. The van der Waals surface area contributed by atoms with Crippen molar-refractivity contribution < 1.29 is 0 Å². The lowest BCUT2D eigenvalue weighted by Gasteiger charge is -2.31. The monoisotopic (exact) mass is 752 g/mol. The Morgan fingerprint density at radius 3 is 0.649 bits per heavy atom. The molecular formula is C37H28N20. The number of rotatable bonds is 4. The summed E-state index contributed by atoms with van der Waals surface area (Å²) in [6.07, 6.45) is 0. The van der Waals surface area contributed by atoms with Gasteiger partial charge >= 0.3 is 0 Å². The molecule has 1 spiro atoms. The molecular weight excluding hydrogens is 725 g/mol. The van der Waals surface area contributed by atoms with Crippen LogP contribution < -0.4 is 45.9 Å². The van der Waals surface area contributed by atoms with E-state index in [1.807, 2.05) is 72.8 Å². The Balaban J connectivity index is 1.34. The molecule has 0 aliphatic heterocycles. The third-order valence-electron chi connectivity index (χ3n) is 9.99. The molecule has 0 unspecified atom stereocenters. The highest BCUT2D eigenvalue weighted by atomic mass is 15.2. The summed E-state index contributed by atoms with van der Waals surface area (Å²) in [5.74, 6) is 1.01. The van der Waals surface area contributed by atoms with Crippen molar-refractivity contribution in [2.24, 2.45) is 0 Å². The van der Waals surface area contributed by atoms with Gasteiger partial charge in [0.15, 0.2) is 23.3 Å². The van der Waals surface area contributed by atoms with Crippen LogP contribution in [-0.4, -0.2) is 59.8 Å². The average Bonchev–Trinajstić information content (AvgIpc) is 3.62. The van der Waals surface area contributed by atoms with Crippen LogP contribution in [-0.2, 0) is 5.41 Å². The molecule has 2 aliphatic rings. The molecule has 8 aromatic rings. The van der Waals surface area contributed by atoms with E-state index in [4.69, 9.17) is 45.9 Å². The summed E-state index contributed by atoms with van der Waals surface area (Å²) < 4.78 is 0. The van der Waals surface area contributed by atoms with Crippen molar-refractivity contribution in [2.75, 3.05) is 45.9 Å². The van der Waals surface area contributed by atoms with Crippen LogP contribution in [0.4, 0.5) is 47.6 Å². The number of benzene rings is 4. The number of hydrogen-bond acceptors (Lipinski definition) is 20. The molecule has 20 nitrogen and oxygen atoms in total. The molecule has 0 bridgehead atoms. The third-order valence-corrected chi connectivity index (χ3v) is 9.99. The van der Waals surface area contributed by atoms with Gasteiger partial charge in [-0.2, -0.15) is 59.8 Å². The minimum atomic E-state index is -1.07. The van der Waals surface area contributed by atoms with Crippen LogP contribution >= 0.6 is 0 Å². The lowest BCUT2D eigenvalue weighted by Crippen LogP contribution is -2.26. The Kier molecular flexibility index (Phi) is 6.74. The Morgan fingerprint density at radius 1 is 0.263 bits per heavy atom. The molecule has 4 heterocycles.